The van der Waals surface area contributed by atoms with E-state index in [0.29, 0.717) is 6.42 Å². The van der Waals surface area contributed by atoms with E-state index < -0.39 is 15.9 Å². The van der Waals surface area contributed by atoms with E-state index in [1.807, 2.05) is 0 Å². The van der Waals surface area contributed by atoms with E-state index in [-0.39, 0.29) is 16.7 Å². The highest BCUT2D eigenvalue weighted by atomic mass is 32.2. The van der Waals surface area contributed by atoms with Crippen LogP contribution in [0.1, 0.15) is 18.1 Å². The fourth-order valence-electron chi connectivity index (χ4n) is 2.17. The molecular weight excluding hydrogens is 278 g/mol. The van der Waals surface area contributed by atoms with Crippen LogP contribution in [0, 0.1) is 5.92 Å². The third-order valence-corrected chi connectivity index (χ3v) is 4.69. The lowest BCUT2D eigenvalue weighted by Gasteiger charge is -2.06. The molecule has 0 bridgehead atoms. The lowest BCUT2D eigenvalue weighted by molar-refractivity contribution is -0.120. The van der Waals surface area contributed by atoms with E-state index in [2.05, 4.69) is 4.72 Å². The van der Waals surface area contributed by atoms with Crippen LogP contribution in [0.4, 0.5) is 0 Å². The number of nitrogens with one attached hydrogen (secondary N) is 1. The predicted molar refractivity (Wildman–Crippen MR) is 71.3 cm³/mol. The van der Waals surface area contributed by atoms with Crippen molar-refractivity contribution >= 4 is 15.9 Å². The maximum atomic E-state index is 12.0. The van der Waals surface area contributed by atoms with Crippen molar-refractivity contribution < 1.29 is 17.6 Å². The Kier molecular flexibility index (Phi) is 3.10. The zero-order valence-corrected chi connectivity index (χ0v) is 11.3. The standard InChI is InChI=1S/C14H13NO4S/c16-14(12-9-11(12)13-7-4-8-19-13)15-20(17,18)10-5-2-1-3-6-10/h1-8,11-12H,9H2,(H,15,16). The fourth-order valence-corrected chi connectivity index (χ4v) is 3.22. The van der Waals surface area contributed by atoms with Crippen LogP contribution < -0.4 is 4.72 Å². The van der Waals surface area contributed by atoms with Crippen LogP contribution in [0.3, 0.4) is 0 Å². The van der Waals surface area contributed by atoms with E-state index >= 15 is 0 Å². The number of furan rings is 1. The van der Waals surface area contributed by atoms with Crippen LogP contribution in [-0.4, -0.2) is 14.3 Å². The van der Waals surface area contributed by atoms with E-state index in [9.17, 15) is 13.2 Å². The largest absolute Gasteiger partial charge is 0.469 e. The minimum atomic E-state index is -3.79. The molecule has 1 heterocycles. The van der Waals surface area contributed by atoms with E-state index in [1.54, 1.807) is 36.6 Å². The number of amides is 1. The number of sulfonamides is 1. The van der Waals surface area contributed by atoms with Crippen LogP contribution in [0.15, 0.2) is 58.0 Å². The molecule has 1 amide bonds. The first-order valence-electron chi connectivity index (χ1n) is 6.23. The maximum Gasteiger partial charge on any atom is 0.264 e. The van der Waals surface area contributed by atoms with Crippen LogP contribution in [-0.2, 0) is 14.8 Å². The van der Waals surface area contributed by atoms with Gasteiger partial charge in [0.05, 0.1) is 11.2 Å². The molecular formula is C14H13NO4S. The monoisotopic (exact) mass is 291 g/mol. The Morgan fingerprint density at radius 1 is 1.15 bits per heavy atom. The van der Waals surface area contributed by atoms with Crippen LogP contribution in [0.25, 0.3) is 0 Å². The summed E-state index contributed by atoms with van der Waals surface area (Å²) < 4.78 is 31.4. The molecule has 1 aromatic carbocycles. The van der Waals surface area contributed by atoms with Gasteiger partial charge in [-0.25, -0.2) is 13.1 Å². The summed E-state index contributed by atoms with van der Waals surface area (Å²) in [5.41, 5.74) is 0. The fraction of sp³-hybridized carbons (Fsp3) is 0.214. The first kappa shape index (κ1) is 12.9. The summed E-state index contributed by atoms with van der Waals surface area (Å²) in [5.74, 6) is -0.104. The minimum absolute atomic E-state index is 0.0176. The summed E-state index contributed by atoms with van der Waals surface area (Å²) in [4.78, 5) is 12.1. The lowest BCUT2D eigenvalue weighted by atomic mass is 10.2. The summed E-state index contributed by atoms with van der Waals surface area (Å²) in [7, 11) is -3.79. The van der Waals surface area contributed by atoms with Crippen molar-refractivity contribution in [2.45, 2.75) is 17.2 Å². The van der Waals surface area contributed by atoms with Crippen LogP contribution in [0.2, 0.25) is 0 Å². The smallest absolute Gasteiger partial charge is 0.264 e. The normalized spacial score (nSPS) is 21.4. The average Bonchev–Trinajstić information content (AvgIpc) is 3.06. The Balaban J connectivity index is 1.69. The Morgan fingerprint density at radius 3 is 2.55 bits per heavy atom. The predicted octanol–water partition coefficient (Wildman–Crippen LogP) is 1.89. The molecule has 0 saturated heterocycles. The van der Waals surface area contributed by atoms with Crippen LogP contribution >= 0.6 is 0 Å². The Hall–Kier alpha value is -2.08. The lowest BCUT2D eigenvalue weighted by Crippen LogP contribution is -2.32. The molecule has 1 aromatic heterocycles. The molecule has 1 fully saturated rings. The summed E-state index contributed by atoms with van der Waals surface area (Å²) >= 11 is 0. The maximum absolute atomic E-state index is 12.0. The highest BCUT2D eigenvalue weighted by Gasteiger charge is 2.46. The van der Waals surface area contributed by atoms with E-state index in [1.165, 1.54) is 12.1 Å². The van der Waals surface area contributed by atoms with Gasteiger partial charge in [0.25, 0.3) is 10.0 Å². The van der Waals surface area contributed by atoms with Gasteiger partial charge in [0.2, 0.25) is 5.91 Å². The third-order valence-electron chi connectivity index (χ3n) is 3.32. The second-order valence-electron chi connectivity index (χ2n) is 4.75. The molecule has 1 saturated carbocycles. The van der Waals surface area contributed by atoms with Gasteiger partial charge < -0.3 is 4.42 Å². The van der Waals surface area contributed by atoms with Gasteiger partial charge in [-0.2, -0.15) is 0 Å². The molecule has 104 valence electrons. The summed E-state index contributed by atoms with van der Waals surface area (Å²) in [5, 5.41) is 0. The second-order valence-corrected chi connectivity index (χ2v) is 6.43. The van der Waals surface area contributed by atoms with Crippen molar-refractivity contribution in [3.05, 3.63) is 54.5 Å². The Morgan fingerprint density at radius 2 is 1.90 bits per heavy atom. The van der Waals surface area contributed by atoms with Gasteiger partial charge in [-0.1, -0.05) is 18.2 Å². The number of hydrogen-bond donors (Lipinski definition) is 1. The van der Waals surface area contributed by atoms with Crippen molar-refractivity contribution in [2.24, 2.45) is 5.92 Å². The summed E-state index contributed by atoms with van der Waals surface area (Å²) in [6, 6.07) is 11.4. The molecule has 5 nitrogen and oxygen atoms in total. The van der Waals surface area contributed by atoms with Gasteiger partial charge in [-0.05, 0) is 30.7 Å². The first-order valence-corrected chi connectivity index (χ1v) is 7.71. The molecule has 2 unspecified atom stereocenters. The van der Waals surface area contributed by atoms with Gasteiger partial charge in [0, 0.05) is 11.8 Å². The first-order chi connectivity index (χ1) is 9.58. The zero-order valence-electron chi connectivity index (χ0n) is 10.5. The highest BCUT2D eigenvalue weighted by Crippen LogP contribution is 2.47. The number of benzene rings is 1. The van der Waals surface area contributed by atoms with Gasteiger partial charge in [-0.3, -0.25) is 4.79 Å². The van der Waals surface area contributed by atoms with Gasteiger partial charge >= 0.3 is 0 Å². The molecule has 1 aliphatic rings. The molecule has 0 aliphatic heterocycles. The van der Waals surface area contributed by atoms with Gasteiger partial charge in [0.1, 0.15) is 5.76 Å². The third kappa shape index (κ3) is 2.46. The van der Waals surface area contributed by atoms with Crippen molar-refractivity contribution in [2.75, 3.05) is 0 Å². The quantitative estimate of drug-likeness (QED) is 0.933. The molecule has 3 rings (SSSR count). The molecule has 1 aliphatic carbocycles. The topological polar surface area (TPSA) is 76.4 Å². The molecule has 20 heavy (non-hydrogen) atoms. The molecule has 0 spiro atoms. The Bertz CT molecular complexity index is 707. The van der Waals surface area contributed by atoms with Gasteiger partial charge in [0.15, 0.2) is 0 Å². The van der Waals surface area contributed by atoms with Gasteiger partial charge in [-0.15, -0.1) is 0 Å². The molecule has 2 atom stereocenters. The number of carbonyl (C=O) groups is 1. The second kappa shape index (κ2) is 4.79. The molecule has 6 heteroatoms. The summed E-state index contributed by atoms with van der Waals surface area (Å²) in [6.07, 6.45) is 2.16. The zero-order chi connectivity index (χ0) is 14.2. The van der Waals surface area contributed by atoms with E-state index in [4.69, 9.17) is 4.42 Å². The van der Waals surface area contributed by atoms with E-state index in [0.717, 1.165) is 5.76 Å². The van der Waals surface area contributed by atoms with Crippen molar-refractivity contribution in [3.63, 3.8) is 0 Å². The minimum Gasteiger partial charge on any atom is -0.469 e. The SMILES string of the molecule is O=C(NS(=O)(=O)c1ccccc1)C1CC1c1ccco1. The molecule has 0 radical (unpaired) electrons. The Labute approximate surface area is 116 Å². The number of hydrogen-bond acceptors (Lipinski definition) is 4. The van der Waals surface area contributed by atoms with Crippen molar-refractivity contribution in [1.82, 2.24) is 4.72 Å². The molecule has 1 N–H and O–H groups in total. The highest BCUT2D eigenvalue weighted by molar-refractivity contribution is 7.90. The number of rotatable bonds is 4. The van der Waals surface area contributed by atoms with Crippen LogP contribution in [0.5, 0.6) is 0 Å². The average molecular weight is 291 g/mol. The molecule has 2 aromatic rings. The number of carbonyl (C=O) groups excluding carboxylic acids is 1. The van der Waals surface area contributed by atoms with Crippen molar-refractivity contribution in [3.8, 4) is 0 Å². The van der Waals surface area contributed by atoms with Crippen molar-refractivity contribution in [1.29, 1.82) is 0 Å². The summed E-state index contributed by atoms with van der Waals surface area (Å²) in [6.45, 7) is 0.